The Hall–Kier alpha value is -0.0800. The van der Waals surface area contributed by atoms with Gasteiger partial charge in [-0.15, -0.1) is 0 Å². The standard InChI is InChI=1S/C9H20N2/c1-2-9(10)5-8-11-6-3-4-7-11/h9H,2-8,10H2,1H3/t9-/m0/s1. The van der Waals surface area contributed by atoms with Crippen molar-refractivity contribution in [3.63, 3.8) is 0 Å². The van der Waals surface area contributed by atoms with Crippen molar-refractivity contribution in [1.29, 1.82) is 0 Å². The highest BCUT2D eigenvalue weighted by Crippen LogP contribution is 2.08. The Bertz CT molecular complexity index is 97.7. The smallest absolute Gasteiger partial charge is 0.00483 e. The maximum Gasteiger partial charge on any atom is 0.00483 e. The first-order valence-corrected chi connectivity index (χ1v) is 4.81. The summed E-state index contributed by atoms with van der Waals surface area (Å²) < 4.78 is 0. The Labute approximate surface area is 69.8 Å². The Morgan fingerprint density at radius 3 is 2.55 bits per heavy atom. The van der Waals surface area contributed by atoms with Crippen LogP contribution in [0.1, 0.15) is 32.6 Å². The molecule has 2 N–H and O–H groups in total. The van der Waals surface area contributed by atoms with E-state index in [2.05, 4.69) is 11.8 Å². The van der Waals surface area contributed by atoms with Crippen LogP contribution in [0.5, 0.6) is 0 Å². The van der Waals surface area contributed by atoms with E-state index in [1.54, 1.807) is 0 Å². The number of hydrogen-bond acceptors (Lipinski definition) is 2. The molecule has 1 saturated heterocycles. The van der Waals surface area contributed by atoms with E-state index in [1.807, 2.05) is 0 Å². The minimum atomic E-state index is 0.426. The van der Waals surface area contributed by atoms with Gasteiger partial charge in [0.25, 0.3) is 0 Å². The number of rotatable bonds is 4. The third kappa shape index (κ3) is 3.21. The molecule has 1 aliphatic rings. The van der Waals surface area contributed by atoms with Gasteiger partial charge in [0, 0.05) is 6.04 Å². The van der Waals surface area contributed by atoms with Crippen LogP contribution in [0.25, 0.3) is 0 Å². The number of likely N-dealkylation sites (tertiary alicyclic amines) is 1. The largest absolute Gasteiger partial charge is 0.328 e. The molecule has 0 spiro atoms. The SMILES string of the molecule is CC[C@H](N)CCN1CCCC1. The monoisotopic (exact) mass is 156 g/mol. The van der Waals surface area contributed by atoms with Crippen LogP contribution < -0.4 is 5.73 Å². The second kappa shape index (κ2) is 4.73. The zero-order valence-corrected chi connectivity index (χ0v) is 7.55. The molecule has 1 heterocycles. The second-order valence-corrected chi connectivity index (χ2v) is 3.51. The van der Waals surface area contributed by atoms with Crippen LogP contribution in [0.4, 0.5) is 0 Å². The van der Waals surface area contributed by atoms with E-state index in [9.17, 15) is 0 Å². The first kappa shape index (κ1) is 9.01. The van der Waals surface area contributed by atoms with Crippen molar-refractivity contribution >= 4 is 0 Å². The summed E-state index contributed by atoms with van der Waals surface area (Å²) in [5.74, 6) is 0. The summed E-state index contributed by atoms with van der Waals surface area (Å²) in [6, 6.07) is 0.426. The van der Waals surface area contributed by atoms with Gasteiger partial charge in [-0.1, -0.05) is 6.92 Å². The van der Waals surface area contributed by atoms with E-state index in [4.69, 9.17) is 5.73 Å². The Balaban J connectivity index is 2.01. The van der Waals surface area contributed by atoms with Crippen LogP contribution in [0.2, 0.25) is 0 Å². The topological polar surface area (TPSA) is 29.3 Å². The van der Waals surface area contributed by atoms with Crippen molar-refractivity contribution in [3.05, 3.63) is 0 Å². The highest BCUT2D eigenvalue weighted by Gasteiger charge is 2.11. The van der Waals surface area contributed by atoms with Crippen molar-refractivity contribution in [1.82, 2.24) is 4.90 Å². The zero-order chi connectivity index (χ0) is 8.10. The maximum atomic E-state index is 5.82. The molecule has 0 saturated carbocycles. The third-order valence-corrected chi connectivity index (χ3v) is 2.54. The lowest BCUT2D eigenvalue weighted by Gasteiger charge is -2.16. The molecule has 0 radical (unpaired) electrons. The molecule has 0 amide bonds. The van der Waals surface area contributed by atoms with Gasteiger partial charge in [-0.25, -0.2) is 0 Å². The average Bonchev–Trinajstić information content (AvgIpc) is 2.52. The van der Waals surface area contributed by atoms with E-state index >= 15 is 0 Å². The molecule has 0 unspecified atom stereocenters. The van der Waals surface area contributed by atoms with E-state index < -0.39 is 0 Å². The Kier molecular flexibility index (Phi) is 3.87. The fraction of sp³-hybridized carbons (Fsp3) is 1.00. The zero-order valence-electron chi connectivity index (χ0n) is 7.55. The van der Waals surface area contributed by atoms with Gasteiger partial charge in [0.15, 0.2) is 0 Å². The molecule has 1 atom stereocenters. The van der Waals surface area contributed by atoms with Crippen molar-refractivity contribution in [2.75, 3.05) is 19.6 Å². The lowest BCUT2D eigenvalue weighted by molar-refractivity contribution is 0.320. The van der Waals surface area contributed by atoms with E-state index in [0.717, 1.165) is 6.42 Å². The van der Waals surface area contributed by atoms with Gasteiger partial charge in [-0.3, -0.25) is 0 Å². The molecule has 0 aromatic rings. The highest BCUT2D eigenvalue weighted by molar-refractivity contribution is 4.68. The van der Waals surface area contributed by atoms with Crippen LogP contribution in [0.15, 0.2) is 0 Å². The maximum absolute atomic E-state index is 5.82. The van der Waals surface area contributed by atoms with Crippen molar-refractivity contribution in [2.24, 2.45) is 5.73 Å². The molecular formula is C9H20N2. The molecule has 11 heavy (non-hydrogen) atoms. The summed E-state index contributed by atoms with van der Waals surface area (Å²) in [6.45, 7) is 5.98. The summed E-state index contributed by atoms with van der Waals surface area (Å²) in [6.07, 6.45) is 5.08. The van der Waals surface area contributed by atoms with Gasteiger partial charge in [-0.2, -0.15) is 0 Å². The van der Waals surface area contributed by atoms with Gasteiger partial charge in [0.2, 0.25) is 0 Å². The molecule has 66 valence electrons. The molecule has 1 fully saturated rings. The molecule has 1 aliphatic heterocycles. The van der Waals surface area contributed by atoms with Gasteiger partial charge in [0.05, 0.1) is 0 Å². The number of nitrogens with two attached hydrogens (primary N) is 1. The molecular weight excluding hydrogens is 136 g/mol. The van der Waals surface area contributed by atoms with Gasteiger partial charge >= 0.3 is 0 Å². The molecule has 0 aromatic carbocycles. The highest BCUT2D eigenvalue weighted by atomic mass is 15.1. The van der Waals surface area contributed by atoms with Crippen LogP contribution in [-0.4, -0.2) is 30.6 Å². The van der Waals surface area contributed by atoms with E-state index in [0.29, 0.717) is 6.04 Å². The number of hydrogen-bond donors (Lipinski definition) is 1. The van der Waals surface area contributed by atoms with Gasteiger partial charge in [0.1, 0.15) is 0 Å². The van der Waals surface area contributed by atoms with E-state index in [-0.39, 0.29) is 0 Å². The van der Waals surface area contributed by atoms with Crippen molar-refractivity contribution < 1.29 is 0 Å². The normalized spacial score (nSPS) is 22.4. The summed E-state index contributed by atoms with van der Waals surface area (Å²) in [5, 5.41) is 0. The molecule has 0 aromatic heterocycles. The Morgan fingerprint density at radius 2 is 2.00 bits per heavy atom. The molecule has 0 aliphatic carbocycles. The van der Waals surface area contributed by atoms with Gasteiger partial charge in [-0.05, 0) is 45.3 Å². The summed E-state index contributed by atoms with van der Waals surface area (Å²) in [7, 11) is 0. The minimum Gasteiger partial charge on any atom is -0.328 e. The van der Waals surface area contributed by atoms with Crippen LogP contribution in [-0.2, 0) is 0 Å². The summed E-state index contributed by atoms with van der Waals surface area (Å²) in [5.41, 5.74) is 5.82. The fourth-order valence-corrected chi connectivity index (χ4v) is 1.56. The third-order valence-electron chi connectivity index (χ3n) is 2.54. The Morgan fingerprint density at radius 1 is 1.36 bits per heavy atom. The first-order valence-electron chi connectivity index (χ1n) is 4.81. The minimum absolute atomic E-state index is 0.426. The summed E-state index contributed by atoms with van der Waals surface area (Å²) in [4.78, 5) is 2.52. The van der Waals surface area contributed by atoms with Crippen LogP contribution in [0.3, 0.4) is 0 Å². The average molecular weight is 156 g/mol. The molecule has 1 rings (SSSR count). The molecule has 2 nitrogen and oxygen atoms in total. The van der Waals surface area contributed by atoms with Crippen molar-refractivity contribution in [2.45, 2.75) is 38.6 Å². The second-order valence-electron chi connectivity index (χ2n) is 3.51. The lowest BCUT2D eigenvalue weighted by Crippen LogP contribution is -2.28. The lowest BCUT2D eigenvalue weighted by atomic mass is 10.2. The number of nitrogens with zero attached hydrogens (tertiary/aromatic N) is 1. The predicted octanol–water partition coefficient (Wildman–Crippen LogP) is 1.21. The molecule has 0 bridgehead atoms. The quantitative estimate of drug-likeness (QED) is 0.663. The first-order chi connectivity index (χ1) is 5.33. The predicted molar refractivity (Wildman–Crippen MR) is 48.6 cm³/mol. The van der Waals surface area contributed by atoms with Crippen LogP contribution >= 0.6 is 0 Å². The van der Waals surface area contributed by atoms with Crippen molar-refractivity contribution in [3.8, 4) is 0 Å². The van der Waals surface area contributed by atoms with Gasteiger partial charge < -0.3 is 10.6 Å². The van der Waals surface area contributed by atoms with Crippen LogP contribution in [0, 0.1) is 0 Å². The fourth-order valence-electron chi connectivity index (χ4n) is 1.56. The molecule has 2 heteroatoms. The van der Waals surface area contributed by atoms with E-state index in [1.165, 1.54) is 38.9 Å². The summed E-state index contributed by atoms with van der Waals surface area (Å²) >= 11 is 0.